The van der Waals surface area contributed by atoms with Crippen LogP contribution in [0.1, 0.15) is 22.3 Å². The molecule has 4 aromatic rings. The highest BCUT2D eigenvalue weighted by molar-refractivity contribution is 5.87. The average Bonchev–Trinajstić information content (AvgIpc) is 3.20. The van der Waals surface area contributed by atoms with Crippen LogP contribution < -0.4 is 10.6 Å². The molecule has 12 heteroatoms. The fourth-order valence-electron chi connectivity index (χ4n) is 5.57. The Kier molecular flexibility index (Phi) is 16.0. The monoisotopic (exact) mass is 726 g/mol. The highest BCUT2D eigenvalue weighted by Crippen LogP contribution is 2.32. The molecule has 0 aromatic heterocycles. The van der Waals surface area contributed by atoms with E-state index in [0.717, 1.165) is 22.3 Å². The molecule has 5 rings (SSSR count). The van der Waals surface area contributed by atoms with E-state index in [-0.39, 0.29) is 52.7 Å². The second kappa shape index (κ2) is 21.5. The third kappa shape index (κ3) is 13.2. The lowest BCUT2D eigenvalue weighted by molar-refractivity contribution is -0.330. The third-order valence-electron chi connectivity index (χ3n) is 8.32. The summed E-state index contributed by atoms with van der Waals surface area (Å²) in [5.74, 6) is -1.69. The number of nitrogens with one attached hydrogen (secondary N) is 2. The maximum Gasteiger partial charge on any atom is 0.325 e. The smallest absolute Gasteiger partial charge is 0.325 e. The largest absolute Gasteiger partial charge is 0.468 e. The van der Waals surface area contributed by atoms with Crippen LogP contribution in [0, 0.1) is 0 Å². The van der Waals surface area contributed by atoms with E-state index in [1.54, 1.807) is 0 Å². The van der Waals surface area contributed by atoms with E-state index in [2.05, 4.69) is 15.4 Å². The van der Waals surface area contributed by atoms with Gasteiger partial charge in [0, 0.05) is 0 Å². The minimum atomic E-state index is -0.905. The molecular weight excluding hydrogens is 680 g/mol. The molecule has 0 spiro atoms. The fourth-order valence-corrected chi connectivity index (χ4v) is 5.57. The van der Waals surface area contributed by atoms with Crippen molar-refractivity contribution in [2.75, 3.05) is 33.4 Å². The van der Waals surface area contributed by atoms with Crippen molar-refractivity contribution in [2.45, 2.75) is 57.1 Å². The maximum absolute atomic E-state index is 12.6. The van der Waals surface area contributed by atoms with Gasteiger partial charge in [0.15, 0.2) is 6.29 Å². The normalized spacial score (nSPS) is 19.6. The Labute approximate surface area is 309 Å². The second-order valence-corrected chi connectivity index (χ2v) is 12.3. The van der Waals surface area contributed by atoms with Crippen LogP contribution in [-0.2, 0) is 74.0 Å². The van der Waals surface area contributed by atoms with Gasteiger partial charge in [-0.15, -0.1) is 0 Å². The Balaban J connectivity index is 1.36. The number of benzene rings is 4. The van der Waals surface area contributed by atoms with Crippen LogP contribution in [0.15, 0.2) is 121 Å². The zero-order chi connectivity index (χ0) is 37.1. The lowest BCUT2D eigenvalue weighted by Gasteiger charge is -2.45. The summed E-state index contributed by atoms with van der Waals surface area (Å²) in [6, 6.07) is 39.1. The van der Waals surface area contributed by atoms with Gasteiger partial charge in [0.1, 0.15) is 37.6 Å². The first-order valence-electron chi connectivity index (χ1n) is 17.4. The number of methoxy groups -OCH3 is 1. The van der Waals surface area contributed by atoms with Gasteiger partial charge < -0.3 is 43.8 Å². The Morgan fingerprint density at radius 3 is 1.47 bits per heavy atom. The van der Waals surface area contributed by atoms with E-state index in [1.165, 1.54) is 7.11 Å². The highest BCUT2D eigenvalue weighted by Gasteiger charge is 2.49. The second-order valence-electron chi connectivity index (χ2n) is 12.3. The summed E-state index contributed by atoms with van der Waals surface area (Å²) >= 11 is 0. The molecule has 4 aromatic carbocycles. The van der Waals surface area contributed by atoms with Crippen molar-refractivity contribution >= 4 is 17.8 Å². The molecule has 12 nitrogen and oxygen atoms in total. The lowest BCUT2D eigenvalue weighted by Crippen LogP contribution is -2.61. The summed E-state index contributed by atoms with van der Waals surface area (Å²) in [5.41, 5.74) is 3.82. The van der Waals surface area contributed by atoms with Crippen LogP contribution in [0.3, 0.4) is 0 Å². The van der Waals surface area contributed by atoms with E-state index in [9.17, 15) is 14.4 Å². The first-order chi connectivity index (χ1) is 26.0. The van der Waals surface area contributed by atoms with E-state index in [0.29, 0.717) is 0 Å². The van der Waals surface area contributed by atoms with Crippen molar-refractivity contribution in [1.82, 2.24) is 10.6 Å². The van der Waals surface area contributed by atoms with Crippen molar-refractivity contribution < 1.29 is 47.5 Å². The molecule has 0 aliphatic carbocycles. The number of rotatable bonds is 20. The fraction of sp³-hybridized carbons (Fsp3) is 0.341. The van der Waals surface area contributed by atoms with Crippen molar-refractivity contribution in [3.05, 3.63) is 144 Å². The first-order valence-corrected chi connectivity index (χ1v) is 17.4. The van der Waals surface area contributed by atoms with Gasteiger partial charge in [-0.3, -0.25) is 14.4 Å². The van der Waals surface area contributed by atoms with Crippen LogP contribution in [0.4, 0.5) is 0 Å². The topological polar surface area (TPSA) is 140 Å². The minimum Gasteiger partial charge on any atom is -0.468 e. The van der Waals surface area contributed by atoms with Crippen LogP contribution >= 0.6 is 0 Å². The molecule has 2 N–H and O–H groups in total. The lowest BCUT2D eigenvalue weighted by atomic mass is 9.97. The molecule has 280 valence electrons. The molecule has 0 bridgehead atoms. The molecule has 1 heterocycles. The predicted octanol–water partition coefficient (Wildman–Crippen LogP) is 4.11. The summed E-state index contributed by atoms with van der Waals surface area (Å²) in [4.78, 5) is 36.0. The summed E-state index contributed by atoms with van der Waals surface area (Å²) < 4.78 is 43.4. The molecule has 1 fully saturated rings. The minimum absolute atomic E-state index is 0.0663. The van der Waals surface area contributed by atoms with E-state index >= 15 is 0 Å². The Morgan fingerprint density at radius 2 is 0.981 bits per heavy atom. The van der Waals surface area contributed by atoms with Gasteiger partial charge in [-0.25, -0.2) is 0 Å². The summed E-state index contributed by atoms with van der Waals surface area (Å²) in [5, 5.41) is 4.85. The Hall–Kier alpha value is -4.95. The van der Waals surface area contributed by atoms with Crippen molar-refractivity contribution in [2.24, 2.45) is 0 Å². The third-order valence-corrected chi connectivity index (χ3v) is 8.32. The van der Waals surface area contributed by atoms with E-state index in [1.807, 2.05) is 121 Å². The van der Waals surface area contributed by atoms with Crippen molar-refractivity contribution in [3.8, 4) is 0 Å². The average molecular weight is 727 g/mol. The first kappa shape index (κ1) is 39.3. The zero-order valence-corrected chi connectivity index (χ0v) is 29.7. The van der Waals surface area contributed by atoms with Crippen molar-refractivity contribution in [1.29, 1.82) is 0 Å². The summed E-state index contributed by atoms with van der Waals surface area (Å²) in [6.45, 7) is -0.0516. The predicted molar refractivity (Wildman–Crippen MR) is 194 cm³/mol. The highest BCUT2D eigenvalue weighted by atomic mass is 16.7. The van der Waals surface area contributed by atoms with Crippen LogP contribution in [0.2, 0.25) is 0 Å². The molecule has 0 radical (unpaired) electrons. The van der Waals surface area contributed by atoms with Crippen molar-refractivity contribution in [3.63, 3.8) is 0 Å². The number of esters is 1. The number of hydrogen-bond donors (Lipinski definition) is 2. The molecule has 2 amide bonds. The van der Waals surface area contributed by atoms with Crippen LogP contribution in [0.5, 0.6) is 0 Å². The summed E-state index contributed by atoms with van der Waals surface area (Å²) in [7, 11) is 1.22. The number of amides is 2. The van der Waals surface area contributed by atoms with Gasteiger partial charge in [0.05, 0.1) is 46.7 Å². The molecule has 1 unspecified atom stereocenters. The molecule has 1 aliphatic rings. The van der Waals surface area contributed by atoms with Gasteiger partial charge in [-0.05, 0) is 22.3 Å². The molecule has 0 saturated carbocycles. The molecular formula is C41H46N2O10. The van der Waals surface area contributed by atoms with Gasteiger partial charge in [-0.1, -0.05) is 121 Å². The number of ether oxygens (including phenoxy) is 7. The quantitative estimate of drug-likeness (QED) is 0.128. The summed E-state index contributed by atoms with van der Waals surface area (Å²) in [6.07, 6.45) is -3.81. The zero-order valence-electron chi connectivity index (χ0n) is 29.7. The molecule has 5 atom stereocenters. The molecule has 53 heavy (non-hydrogen) atoms. The van der Waals surface area contributed by atoms with Gasteiger partial charge in [0.25, 0.3) is 0 Å². The van der Waals surface area contributed by atoms with Crippen LogP contribution in [0.25, 0.3) is 0 Å². The van der Waals surface area contributed by atoms with E-state index < -0.39 is 48.5 Å². The Bertz CT molecular complexity index is 1660. The standard InChI is InChI=1S/C41H46N2O10/c1-47-37(46)23-43-35(44)22-42-36(45)29-48-28-34-38(49-24-30-14-6-2-7-15-30)39(50-25-31-16-8-3-9-17-31)40(51-26-32-18-10-4-11-19-32)41(53-34)52-27-33-20-12-5-13-21-33/h2-21,34,38-41H,22-29H2,1H3,(H,42,45)(H,43,44)/t34-,38-,39+,40-,41?/m1/s1. The van der Waals surface area contributed by atoms with E-state index in [4.69, 9.17) is 28.4 Å². The maximum atomic E-state index is 12.6. The molecule has 1 saturated heterocycles. The SMILES string of the molecule is COC(=O)CNC(=O)CNC(=O)COC[C@H]1OC(OCc2ccccc2)[C@H](OCc2ccccc2)[C@@H](OCc2ccccc2)[C@@H]1OCc1ccccc1. The number of carbonyl (C=O) groups excluding carboxylic acids is 3. The van der Waals surface area contributed by atoms with Gasteiger partial charge in [-0.2, -0.15) is 0 Å². The van der Waals surface area contributed by atoms with Gasteiger partial charge >= 0.3 is 5.97 Å². The number of carbonyl (C=O) groups is 3. The molecule has 1 aliphatic heterocycles. The van der Waals surface area contributed by atoms with Crippen LogP contribution in [-0.4, -0.2) is 81.9 Å². The Morgan fingerprint density at radius 1 is 0.547 bits per heavy atom. The number of hydrogen-bond acceptors (Lipinski definition) is 10. The van der Waals surface area contributed by atoms with Gasteiger partial charge in [0.2, 0.25) is 11.8 Å².